The van der Waals surface area contributed by atoms with Crippen LogP contribution < -0.4 is 10.4 Å². The van der Waals surface area contributed by atoms with Crippen molar-refractivity contribution in [2.75, 3.05) is 5.01 Å². The molecule has 0 bridgehead atoms. The number of anilines is 1. The van der Waals surface area contributed by atoms with Crippen molar-refractivity contribution in [1.29, 1.82) is 0 Å². The van der Waals surface area contributed by atoms with Gasteiger partial charge in [0.25, 0.3) is 0 Å². The van der Waals surface area contributed by atoms with Crippen molar-refractivity contribution in [3.8, 4) is 5.75 Å². The van der Waals surface area contributed by atoms with E-state index in [1.165, 1.54) is 24.1 Å². The molecule has 19 heavy (non-hydrogen) atoms. The molecule has 0 aliphatic carbocycles. The van der Waals surface area contributed by atoms with Crippen molar-refractivity contribution in [1.82, 2.24) is 5.43 Å². The molecular weight excluding hydrogens is 236 g/mol. The van der Waals surface area contributed by atoms with Crippen molar-refractivity contribution in [2.45, 2.75) is 53.0 Å². The van der Waals surface area contributed by atoms with Crippen LogP contribution in [-0.2, 0) is 0 Å². The Hall–Kier alpha value is -1.48. The Kier molecular flexibility index (Phi) is 4.15. The minimum atomic E-state index is 0.351. The zero-order valence-electron chi connectivity index (χ0n) is 12.3. The molecule has 1 heterocycles. The molecular formula is C16H24N2O. The lowest BCUT2D eigenvalue weighted by Crippen LogP contribution is -2.35. The molecule has 0 aromatic heterocycles. The summed E-state index contributed by atoms with van der Waals surface area (Å²) in [5, 5.41) is 11.8. The van der Waals surface area contributed by atoms with Gasteiger partial charge in [0.2, 0.25) is 0 Å². The molecule has 3 heteroatoms. The highest BCUT2D eigenvalue weighted by Gasteiger charge is 2.25. The first-order valence-corrected chi connectivity index (χ1v) is 7.10. The number of hydrazine groups is 1. The number of rotatable bonds is 4. The molecule has 1 aliphatic rings. The summed E-state index contributed by atoms with van der Waals surface area (Å²) in [6.07, 6.45) is 3.62. The lowest BCUT2D eigenvalue weighted by Gasteiger charge is -2.22. The van der Waals surface area contributed by atoms with Crippen LogP contribution in [0.4, 0.5) is 5.69 Å². The average molecular weight is 260 g/mol. The summed E-state index contributed by atoms with van der Waals surface area (Å²) in [6.45, 7) is 8.53. The zero-order valence-corrected chi connectivity index (χ0v) is 12.3. The fourth-order valence-corrected chi connectivity index (χ4v) is 2.64. The highest BCUT2D eigenvalue weighted by Crippen LogP contribution is 2.31. The largest absolute Gasteiger partial charge is 0.508 e. The van der Waals surface area contributed by atoms with Gasteiger partial charge < -0.3 is 5.11 Å². The van der Waals surface area contributed by atoms with Gasteiger partial charge in [-0.15, -0.1) is 0 Å². The molecule has 0 saturated heterocycles. The third kappa shape index (κ3) is 2.76. The standard InChI is InChI=1S/C16H24N2O/c1-5-6-7-15-12(3)17-18(13(15)4)14-8-9-16(19)11(2)10-14/h8-10,12,17,19H,5-7H2,1-4H3. The molecule has 1 aliphatic heterocycles. The number of aryl methyl sites for hydroxylation is 1. The summed E-state index contributed by atoms with van der Waals surface area (Å²) >= 11 is 0. The van der Waals surface area contributed by atoms with E-state index in [9.17, 15) is 5.11 Å². The summed E-state index contributed by atoms with van der Waals surface area (Å²) in [5.41, 5.74) is 8.29. The van der Waals surface area contributed by atoms with E-state index in [2.05, 4.69) is 31.2 Å². The lowest BCUT2D eigenvalue weighted by molar-refractivity contribution is 0.471. The van der Waals surface area contributed by atoms with Gasteiger partial charge >= 0.3 is 0 Å². The third-order valence-corrected chi connectivity index (χ3v) is 3.88. The monoisotopic (exact) mass is 260 g/mol. The number of nitrogens with zero attached hydrogens (tertiary/aromatic N) is 1. The number of hydrogen-bond acceptors (Lipinski definition) is 3. The van der Waals surface area contributed by atoms with Gasteiger partial charge in [0.1, 0.15) is 5.75 Å². The SMILES string of the molecule is CCCCC1=C(C)N(c2ccc(O)c(C)c2)NC1C. The van der Waals surface area contributed by atoms with Crippen LogP contribution in [-0.4, -0.2) is 11.1 Å². The number of aromatic hydroxyl groups is 1. The third-order valence-electron chi connectivity index (χ3n) is 3.88. The topological polar surface area (TPSA) is 35.5 Å². The van der Waals surface area contributed by atoms with Gasteiger partial charge in [-0.05, 0) is 62.9 Å². The second-order valence-electron chi connectivity index (χ2n) is 5.37. The Morgan fingerprint density at radius 3 is 2.68 bits per heavy atom. The first kappa shape index (κ1) is 13.9. The molecule has 104 valence electrons. The normalized spacial score (nSPS) is 19.4. The zero-order chi connectivity index (χ0) is 14.0. The molecule has 0 radical (unpaired) electrons. The van der Waals surface area contributed by atoms with Gasteiger partial charge in [-0.3, -0.25) is 5.01 Å². The number of phenolic OH excluding ortho intramolecular Hbond substituents is 1. The maximum absolute atomic E-state index is 9.62. The van der Waals surface area contributed by atoms with Gasteiger partial charge in [-0.2, -0.15) is 0 Å². The average Bonchev–Trinajstić information content (AvgIpc) is 2.66. The second-order valence-corrected chi connectivity index (χ2v) is 5.37. The molecule has 0 amide bonds. The van der Waals surface area contributed by atoms with Gasteiger partial charge in [0.15, 0.2) is 0 Å². The predicted molar refractivity (Wildman–Crippen MR) is 80.1 cm³/mol. The van der Waals surface area contributed by atoms with Gasteiger partial charge in [0.05, 0.1) is 5.69 Å². The van der Waals surface area contributed by atoms with E-state index >= 15 is 0 Å². The van der Waals surface area contributed by atoms with E-state index in [4.69, 9.17) is 0 Å². The Bertz CT molecular complexity index is 494. The number of hydrogen-bond donors (Lipinski definition) is 2. The second kappa shape index (κ2) is 5.66. The molecule has 2 N–H and O–H groups in total. The van der Waals surface area contributed by atoms with Crippen molar-refractivity contribution < 1.29 is 5.11 Å². The van der Waals surface area contributed by atoms with E-state index in [0.29, 0.717) is 11.8 Å². The first-order valence-electron chi connectivity index (χ1n) is 7.10. The lowest BCUT2D eigenvalue weighted by atomic mass is 10.0. The van der Waals surface area contributed by atoms with E-state index < -0.39 is 0 Å². The van der Waals surface area contributed by atoms with Crippen LogP contribution in [0.2, 0.25) is 0 Å². The molecule has 3 nitrogen and oxygen atoms in total. The minimum Gasteiger partial charge on any atom is -0.508 e. The van der Waals surface area contributed by atoms with Crippen LogP contribution in [0.3, 0.4) is 0 Å². The highest BCUT2D eigenvalue weighted by atomic mass is 16.3. The maximum Gasteiger partial charge on any atom is 0.118 e. The van der Waals surface area contributed by atoms with Crippen LogP contribution >= 0.6 is 0 Å². The Balaban J connectivity index is 2.26. The fourth-order valence-electron chi connectivity index (χ4n) is 2.64. The number of benzene rings is 1. The quantitative estimate of drug-likeness (QED) is 0.862. The number of phenols is 1. The maximum atomic E-state index is 9.62. The van der Waals surface area contributed by atoms with E-state index in [1.54, 1.807) is 6.07 Å². The van der Waals surface area contributed by atoms with Crippen molar-refractivity contribution >= 4 is 5.69 Å². The number of allylic oxidation sites excluding steroid dienone is 1. The fraction of sp³-hybridized carbons (Fsp3) is 0.500. The molecule has 1 unspecified atom stereocenters. The van der Waals surface area contributed by atoms with Gasteiger partial charge in [-0.1, -0.05) is 13.3 Å². The molecule has 1 atom stereocenters. The van der Waals surface area contributed by atoms with Gasteiger partial charge in [-0.25, -0.2) is 5.43 Å². The smallest absolute Gasteiger partial charge is 0.118 e. The van der Waals surface area contributed by atoms with E-state index in [0.717, 1.165) is 17.7 Å². The van der Waals surface area contributed by atoms with E-state index in [-0.39, 0.29) is 0 Å². The molecule has 1 aromatic carbocycles. The Morgan fingerprint density at radius 1 is 1.32 bits per heavy atom. The van der Waals surface area contributed by atoms with Crippen molar-refractivity contribution in [3.05, 3.63) is 35.0 Å². The Morgan fingerprint density at radius 2 is 2.05 bits per heavy atom. The first-order chi connectivity index (χ1) is 9.04. The van der Waals surface area contributed by atoms with Crippen molar-refractivity contribution in [3.63, 3.8) is 0 Å². The molecule has 1 aromatic rings. The molecule has 0 fully saturated rings. The van der Waals surface area contributed by atoms with Gasteiger partial charge in [0, 0.05) is 11.7 Å². The summed E-state index contributed by atoms with van der Waals surface area (Å²) in [6, 6.07) is 6.12. The molecule has 2 rings (SSSR count). The number of unbranched alkanes of at least 4 members (excludes halogenated alkanes) is 1. The van der Waals surface area contributed by atoms with Crippen molar-refractivity contribution in [2.24, 2.45) is 0 Å². The summed E-state index contributed by atoms with van der Waals surface area (Å²) in [7, 11) is 0. The summed E-state index contributed by atoms with van der Waals surface area (Å²) < 4.78 is 0. The summed E-state index contributed by atoms with van der Waals surface area (Å²) in [5.74, 6) is 0.351. The minimum absolute atomic E-state index is 0.351. The summed E-state index contributed by atoms with van der Waals surface area (Å²) in [4.78, 5) is 0. The highest BCUT2D eigenvalue weighted by molar-refractivity contribution is 5.57. The number of nitrogens with one attached hydrogen (secondary N) is 1. The Labute approximate surface area is 115 Å². The van der Waals surface area contributed by atoms with Crippen LogP contribution in [0.5, 0.6) is 5.75 Å². The van der Waals surface area contributed by atoms with Crippen LogP contribution in [0.15, 0.2) is 29.5 Å². The van der Waals surface area contributed by atoms with E-state index in [1.807, 2.05) is 19.1 Å². The predicted octanol–water partition coefficient (Wildman–Crippen LogP) is 3.88. The molecule has 0 spiro atoms. The van der Waals surface area contributed by atoms with Crippen LogP contribution in [0.1, 0.15) is 45.6 Å². The molecule has 0 saturated carbocycles. The van der Waals surface area contributed by atoms with Crippen LogP contribution in [0, 0.1) is 6.92 Å². The van der Waals surface area contributed by atoms with Crippen LogP contribution in [0.25, 0.3) is 0 Å².